The second-order valence-corrected chi connectivity index (χ2v) is 6.07. The highest BCUT2D eigenvalue weighted by Gasteiger charge is 2.31. The fraction of sp³-hybridized carbons (Fsp3) is 0.545. The first-order valence-corrected chi connectivity index (χ1v) is 6.29. The highest BCUT2D eigenvalue weighted by Crippen LogP contribution is 2.37. The molecule has 88 valence electrons. The van der Waals surface area contributed by atoms with E-state index in [2.05, 4.69) is 23.7 Å². The van der Waals surface area contributed by atoms with Crippen molar-refractivity contribution < 1.29 is 0 Å². The number of nitrogens with zero attached hydrogens (tertiary/aromatic N) is 2. The Labute approximate surface area is 111 Å². The molecule has 0 bridgehead atoms. The molecule has 0 spiro atoms. The molecule has 0 aliphatic carbocycles. The predicted octanol–water partition coefficient (Wildman–Crippen LogP) is 4.28. The molecular formula is C11H13Cl3N2. The van der Waals surface area contributed by atoms with Gasteiger partial charge in [0.05, 0.1) is 10.0 Å². The molecule has 2 heterocycles. The molecule has 0 saturated carbocycles. The van der Waals surface area contributed by atoms with E-state index in [0.717, 1.165) is 25.3 Å². The van der Waals surface area contributed by atoms with Crippen molar-refractivity contribution in [1.82, 2.24) is 4.98 Å². The maximum atomic E-state index is 6.13. The van der Waals surface area contributed by atoms with Gasteiger partial charge in [0, 0.05) is 13.1 Å². The lowest BCUT2D eigenvalue weighted by molar-refractivity contribution is 0.418. The van der Waals surface area contributed by atoms with Crippen LogP contribution in [-0.2, 0) is 0 Å². The molecule has 1 fully saturated rings. The summed E-state index contributed by atoms with van der Waals surface area (Å²) in [5.74, 6) is 0.738. The van der Waals surface area contributed by atoms with Gasteiger partial charge in [-0.25, -0.2) is 4.98 Å². The number of rotatable bonds is 1. The Kier molecular flexibility index (Phi) is 3.26. The summed E-state index contributed by atoms with van der Waals surface area (Å²) in [6.45, 7) is 6.37. The molecule has 1 aromatic heterocycles. The van der Waals surface area contributed by atoms with Gasteiger partial charge in [0.2, 0.25) is 0 Å². The number of pyridine rings is 1. The van der Waals surface area contributed by atoms with Gasteiger partial charge in [-0.05, 0) is 17.9 Å². The van der Waals surface area contributed by atoms with E-state index in [4.69, 9.17) is 34.8 Å². The number of hydrogen-bond donors (Lipinski definition) is 0. The SMILES string of the molecule is CC1(C)CCN(c2nc(Cl)c(Cl)cc2Cl)C1. The van der Waals surface area contributed by atoms with Crippen molar-refractivity contribution in [3.8, 4) is 0 Å². The van der Waals surface area contributed by atoms with E-state index in [-0.39, 0.29) is 0 Å². The minimum atomic E-state index is 0.303. The fourth-order valence-corrected chi connectivity index (χ4v) is 2.56. The summed E-state index contributed by atoms with van der Waals surface area (Å²) >= 11 is 17.9. The van der Waals surface area contributed by atoms with E-state index in [1.165, 1.54) is 0 Å². The highest BCUT2D eigenvalue weighted by molar-refractivity contribution is 6.42. The quantitative estimate of drug-likeness (QED) is 0.713. The lowest BCUT2D eigenvalue weighted by Crippen LogP contribution is -2.23. The summed E-state index contributed by atoms with van der Waals surface area (Å²) in [5.41, 5.74) is 0.303. The van der Waals surface area contributed by atoms with Gasteiger partial charge in [-0.1, -0.05) is 48.7 Å². The molecule has 0 unspecified atom stereocenters. The highest BCUT2D eigenvalue weighted by atomic mass is 35.5. The zero-order chi connectivity index (χ0) is 11.9. The molecule has 1 saturated heterocycles. The van der Waals surface area contributed by atoms with Gasteiger partial charge < -0.3 is 4.90 Å². The topological polar surface area (TPSA) is 16.1 Å². The van der Waals surface area contributed by atoms with Crippen LogP contribution in [0.1, 0.15) is 20.3 Å². The van der Waals surface area contributed by atoms with E-state index in [9.17, 15) is 0 Å². The molecule has 0 aromatic carbocycles. The van der Waals surface area contributed by atoms with Crippen LogP contribution in [0.2, 0.25) is 15.2 Å². The van der Waals surface area contributed by atoms with Gasteiger partial charge in [0.1, 0.15) is 11.0 Å². The molecule has 2 nitrogen and oxygen atoms in total. The summed E-state index contributed by atoms with van der Waals surface area (Å²) in [4.78, 5) is 6.40. The average molecular weight is 280 g/mol. The molecule has 16 heavy (non-hydrogen) atoms. The Hall–Kier alpha value is -0.180. The molecule has 1 aliphatic heterocycles. The van der Waals surface area contributed by atoms with Crippen molar-refractivity contribution in [3.63, 3.8) is 0 Å². The van der Waals surface area contributed by atoms with Crippen molar-refractivity contribution in [2.45, 2.75) is 20.3 Å². The minimum absolute atomic E-state index is 0.303. The van der Waals surface area contributed by atoms with Crippen LogP contribution >= 0.6 is 34.8 Å². The first-order valence-electron chi connectivity index (χ1n) is 5.15. The second-order valence-electron chi connectivity index (χ2n) is 4.90. The normalized spacial score (nSPS) is 19.2. The van der Waals surface area contributed by atoms with Crippen LogP contribution in [0, 0.1) is 5.41 Å². The monoisotopic (exact) mass is 278 g/mol. The van der Waals surface area contributed by atoms with Crippen molar-refractivity contribution in [2.24, 2.45) is 5.41 Å². The molecule has 5 heteroatoms. The number of hydrogen-bond acceptors (Lipinski definition) is 2. The van der Waals surface area contributed by atoms with Crippen LogP contribution in [0.5, 0.6) is 0 Å². The van der Waals surface area contributed by atoms with Crippen LogP contribution < -0.4 is 4.90 Å². The lowest BCUT2D eigenvalue weighted by Gasteiger charge is -2.21. The lowest BCUT2D eigenvalue weighted by atomic mass is 9.93. The Morgan fingerprint density at radius 2 is 1.94 bits per heavy atom. The molecule has 0 radical (unpaired) electrons. The number of aromatic nitrogens is 1. The van der Waals surface area contributed by atoms with Gasteiger partial charge >= 0.3 is 0 Å². The summed E-state index contributed by atoms with van der Waals surface area (Å²) in [7, 11) is 0. The summed E-state index contributed by atoms with van der Waals surface area (Å²) in [5, 5.41) is 1.27. The van der Waals surface area contributed by atoms with Crippen LogP contribution in [0.4, 0.5) is 5.82 Å². The Bertz CT molecular complexity index is 418. The standard InChI is InChI=1S/C11H13Cl3N2/c1-11(2)3-4-16(6-11)10-8(13)5-7(12)9(14)15-10/h5H,3-4,6H2,1-2H3. The molecule has 0 N–H and O–H groups in total. The summed E-state index contributed by atoms with van der Waals surface area (Å²) in [6.07, 6.45) is 1.13. The van der Waals surface area contributed by atoms with Crippen LogP contribution in [0.3, 0.4) is 0 Å². The van der Waals surface area contributed by atoms with Gasteiger partial charge in [0.25, 0.3) is 0 Å². The minimum Gasteiger partial charge on any atom is -0.355 e. The van der Waals surface area contributed by atoms with Gasteiger partial charge in [-0.15, -0.1) is 0 Å². The zero-order valence-corrected chi connectivity index (χ0v) is 11.5. The third-order valence-corrected chi connectivity index (χ3v) is 3.80. The fourth-order valence-electron chi connectivity index (χ4n) is 1.95. The number of halogens is 3. The largest absolute Gasteiger partial charge is 0.355 e. The smallest absolute Gasteiger partial charge is 0.150 e. The predicted molar refractivity (Wildman–Crippen MR) is 69.9 cm³/mol. The van der Waals surface area contributed by atoms with E-state index in [1.807, 2.05) is 0 Å². The van der Waals surface area contributed by atoms with Crippen LogP contribution in [-0.4, -0.2) is 18.1 Å². The average Bonchev–Trinajstić information content (AvgIpc) is 2.52. The molecule has 1 aliphatic rings. The maximum absolute atomic E-state index is 6.13. The molecule has 2 rings (SSSR count). The zero-order valence-electron chi connectivity index (χ0n) is 9.23. The van der Waals surface area contributed by atoms with E-state index in [1.54, 1.807) is 6.07 Å². The molecule has 1 aromatic rings. The van der Waals surface area contributed by atoms with Crippen molar-refractivity contribution in [1.29, 1.82) is 0 Å². The third kappa shape index (κ3) is 2.39. The first-order chi connectivity index (χ1) is 7.39. The Morgan fingerprint density at radius 3 is 2.50 bits per heavy atom. The second kappa shape index (κ2) is 4.25. The van der Waals surface area contributed by atoms with Crippen molar-refractivity contribution >= 4 is 40.6 Å². The maximum Gasteiger partial charge on any atom is 0.150 e. The van der Waals surface area contributed by atoms with Gasteiger partial charge in [-0.2, -0.15) is 0 Å². The van der Waals surface area contributed by atoms with Crippen molar-refractivity contribution in [3.05, 3.63) is 21.3 Å². The molecular weight excluding hydrogens is 266 g/mol. The van der Waals surface area contributed by atoms with Gasteiger partial charge in [0.15, 0.2) is 0 Å². The molecule has 0 amide bonds. The summed E-state index contributed by atoms with van der Waals surface area (Å²) in [6, 6.07) is 1.65. The first kappa shape index (κ1) is 12.3. The molecule has 0 atom stereocenters. The van der Waals surface area contributed by atoms with Gasteiger partial charge in [-0.3, -0.25) is 0 Å². The number of anilines is 1. The Balaban J connectivity index is 2.32. The van der Waals surface area contributed by atoms with Crippen LogP contribution in [0.15, 0.2) is 6.07 Å². The van der Waals surface area contributed by atoms with E-state index >= 15 is 0 Å². The van der Waals surface area contributed by atoms with Crippen molar-refractivity contribution in [2.75, 3.05) is 18.0 Å². The van der Waals surface area contributed by atoms with Crippen LogP contribution in [0.25, 0.3) is 0 Å². The Morgan fingerprint density at radius 1 is 1.25 bits per heavy atom. The van der Waals surface area contributed by atoms with E-state index < -0.39 is 0 Å². The summed E-state index contributed by atoms with van der Waals surface area (Å²) < 4.78 is 0. The van der Waals surface area contributed by atoms with E-state index in [0.29, 0.717) is 20.6 Å². The third-order valence-electron chi connectivity index (χ3n) is 2.85.